The second-order valence-electron chi connectivity index (χ2n) is 9.39. The Morgan fingerprint density at radius 3 is 2.00 bits per heavy atom. The molecule has 28 heavy (non-hydrogen) atoms. The zero-order valence-electron chi connectivity index (χ0n) is 19.1. The van der Waals surface area contributed by atoms with Gasteiger partial charge >= 0.3 is 8.60 Å². The van der Waals surface area contributed by atoms with E-state index in [0.29, 0.717) is 6.10 Å². The summed E-state index contributed by atoms with van der Waals surface area (Å²) in [4.78, 5) is 0. The second kappa shape index (κ2) is 14.3. The highest BCUT2D eigenvalue weighted by Gasteiger charge is 2.37. The van der Waals surface area contributed by atoms with E-state index in [9.17, 15) is 0 Å². The van der Waals surface area contributed by atoms with Gasteiger partial charge in [0.25, 0.3) is 0 Å². The van der Waals surface area contributed by atoms with Crippen LogP contribution in [0.25, 0.3) is 0 Å². The smallest absolute Gasteiger partial charge is 0.312 e. The fourth-order valence-electron chi connectivity index (χ4n) is 4.63. The van der Waals surface area contributed by atoms with Crippen LogP contribution in [0.15, 0.2) is 0 Å². The molecule has 4 heteroatoms. The van der Waals surface area contributed by atoms with Gasteiger partial charge in [-0.05, 0) is 44.4 Å². The molecule has 1 aliphatic carbocycles. The van der Waals surface area contributed by atoms with Crippen LogP contribution in [0.2, 0.25) is 0 Å². The third-order valence-corrected chi connectivity index (χ3v) is 8.16. The van der Waals surface area contributed by atoms with Gasteiger partial charge in [0.15, 0.2) is 0 Å². The summed E-state index contributed by atoms with van der Waals surface area (Å²) in [6, 6.07) is 0. The minimum Gasteiger partial charge on any atom is -0.312 e. The standard InChI is InChI=1S/C24H47O3P/c1-4-7-9-10-11-12-13-14-22-15-17-23(18-16-22)27-28-25-20-24(6-3,21-26-28)19-8-5-2/h22-23H,4-21H2,1-3H3. The Kier molecular flexibility index (Phi) is 12.6. The Labute approximate surface area is 176 Å². The molecule has 0 bridgehead atoms. The first kappa shape index (κ1) is 24.6. The fraction of sp³-hybridized carbons (Fsp3) is 1.00. The van der Waals surface area contributed by atoms with Crippen molar-refractivity contribution < 1.29 is 13.6 Å². The van der Waals surface area contributed by atoms with E-state index in [2.05, 4.69) is 20.8 Å². The Morgan fingerprint density at radius 1 is 0.786 bits per heavy atom. The molecule has 2 rings (SSSR count). The van der Waals surface area contributed by atoms with Gasteiger partial charge in [-0.25, -0.2) is 0 Å². The summed E-state index contributed by atoms with van der Waals surface area (Å²) in [6.07, 6.45) is 21.7. The fourth-order valence-corrected chi connectivity index (χ4v) is 6.04. The molecule has 0 N–H and O–H groups in total. The van der Waals surface area contributed by atoms with Crippen LogP contribution < -0.4 is 0 Å². The molecule has 0 amide bonds. The third-order valence-electron chi connectivity index (χ3n) is 7.01. The zero-order valence-corrected chi connectivity index (χ0v) is 19.9. The van der Waals surface area contributed by atoms with Crippen LogP contribution in [0.3, 0.4) is 0 Å². The van der Waals surface area contributed by atoms with Crippen molar-refractivity contribution in [3.63, 3.8) is 0 Å². The van der Waals surface area contributed by atoms with E-state index in [1.807, 2.05) is 0 Å². The minimum atomic E-state index is -1.11. The zero-order chi connectivity index (χ0) is 20.1. The lowest BCUT2D eigenvalue weighted by Gasteiger charge is -2.39. The highest BCUT2D eigenvalue weighted by molar-refractivity contribution is 7.41. The molecular formula is C24H47O3P. The predicted octanol–water partition coefficient (Wildman–Crippen LogP) is 8.56. The van der Waals surface area contributed by atoms with Gasteiger partial charge in [0.05, 0.1) is 19.3 Å². The van der Waals surface area contributed by atoms with E-state index in [1.54, 1.807) is 0 Å². The average Bonchev–Trinajstić information content (AvgIpc) is 2.74. The van der Waals surface area contributed by atoms with Crippen LogP contribution in [-0.2, 0) is 13.6 Å². The highest BCUT2D eigenvalue weighted by atomic mass is 31.2. The maximum absolute atomic E-state index is 6.22. The molecule has 2 aliphatic rings. The summed E-state index contributed by atoms with van der Waals surface area (Å²) in [6.45, 7) is 8.46. The van der Waals surface area contributed by atoms with Crippen molar-refractivity contribution in [1.82, 2.24) is 0 Å². The normalized spacial score (nSPS) is 31.2. The van der Waals surface area contributed by atoms with E-state index in [-0.39, 0.29) is 5.41 Å². The molecular weight excluding hydrogens is 367 g/mol. The maximum Gasteiger partial charge on any atom is 0.332 e. The van der Waals surface area contributed by atoms with Crippen molar-refractivity contribution in [2.45, 2.75) is 130 Å². The van der Waals surface area contributed by atoms with Crippen LogP contribution in [0.1, 0.15) is 124 Å². The van der Waals surface area contributed by atoms with E-state index >= 15 is 0 Å². The lowest BCUT2D eigenvalue weighted by molar-refractivity contribution is -0.0172. The lowest BCUT2D eigenvalue weighted by atomic mass is 9.82. The van der Waals surface area contributed by atoms with Gasteiger partial charge in [-0.2, -0.15) is 0 Å². The molecule has 1 saturated carbocycles. The van der Waals surface area contributed by atoms with Gasteiger partial charge in [-0.3, -0.25) is 0 Å². The molecule has 2 fully saturated rings. The third kappa shape index (κ3) is 8.99. The van der Waals surface area contributed by atoms with Crippen LogP contribution in [-0.4, -0.2) is 19.3 Å². The Hall–Kier alpha value is 0.310. The van der Waals surface area contributed by atoms with Crippen LogP contribution in [0.5, 0.6) is 0 Å². The average molecular weight is 415 g/mol. The van der Waals surface area contributed by atoms with E-state index in [0.717, 1.165) is 25.6 Å². The highest BCUT2D eigenvalue weighted by Crippen LogP contribution is 2.51. The number of rotatable bonds is 14. The molecule has 1 aliphatic heterocycles. The van der Waals surface area contributed by atoms with E-state index in [4.69, 9.17) is 13.6 Å². The molecule has 0 spiro atoms. The second-order valence-corrected chi connectivity index (χ2v) is 10.6. The summed E-state index contributed by atoms with van der Waals surface area (Å²) in [5.74, 6) is 0.929. The number of hydrogen-bond donors (Lipinski definition) is 0. The molecule has 166 valence electrons. The summed E-state index contributed by atoms with van der Waals surface area (Å²) < 4.78 is 18.3. The van der Waals surface area contributed by atoms with Gasteiger partial charge in [0.1, 0.15) is 0 Å². The molecule has 0 aromatic rings. The summed E-state index contributed by atoms with van der Waals surface area (Å²) in [5, 5.41) is 0. The molecule has 0 unspecified atom stereocenters. The van der Waals surface area contributed by atoms with Crippen molar-refractivity contribution >= 4 is 8.60 Å². The molecule has 1 saturated heterocycles. The summed E-state index contributed by atoms with van der Waals surface area (Å²) in [7, 11) is -1.11. The molecule has 3 nitrogen and oxygen atoms in total. The Bertz CT molecular complexity index is 374. The number of unbranched alkanes of at least 4 members (excludes halogenated alkanes) is 7. The molecule has 0 aromatic carbocycles. The van der Waals surface area contributed by atoms with Crippen LogP contribution >= 0.6 is 8.60 Å². The largest absolute Gasteiger partial charge is 0.332 e. The first-order valence-corrected chi connectivity index (χ1v) is 13.5. The first-order valence-electron chi connectivity index (χ1n) is 12.4. The van der Waals surface area contributed by atoms with E-state index < -0.39 is 8.60 Å². The SMILES string of the molecule is CCCCCCCCCC1CCC(OP2OCC(CC)(CCCC)CO2)CC1. The van der Waals surface area contributed by atoms with Crippen molar-refractivity contribution in [3.8, 4) is 0 Å². The monoisotopic (exact) mass is 414 g/mol. The lowest BCUT2D eigenvalue weighted by Crippen LogP contribution is -2.35. The Balaban J connectivity index is 1.53. The van der Waals surface area contributed by atoms with Crippen molar-refractivity contribution in [2.24, 2.45) is 11.3 Å². The summed E-state index contributed by atoms with van der Waals surface area (Å²) >= 11 is 0. The number of hydrogen-bond acceptors (Lipinski definition) is 3. The molecule has 0 radical (unpaired) electrons. The van der Waals surface area contributed by atoms with Gasteiger partial charge in [0, 0.05) is 5.41 Å². The molecule has 1 heterocycles. The topological polar surface area (TPSA) is 27.7 Å². The van der Waals surface area contributed by atoms with Gasteiger partial charge in [-0.15, -0.1) is 0 Å². The van der Waals surface area contributed by atoms with Gasteiger partial charge < -0.3 is 13.6 Å². The van der Waals surface area contributed by atoms with Crippen LogP contribution in [0.4, 0.5) is 0 Å². The van der Waals surface area contributed by atoms with Crippen molar-refractivity contribution in [3.05, 3.63) is 0 Å². The van der Waals surface area contributed by atoms with Gasteiger partial charge in [-0.1, -0.05) is 85.0 Å². The van der Waals surface area contributed by atoms with Gasteiger partial charge in [0.2, 0.25) is 0 Å². The van der Waals surface area contributed by atoms with Crippen molar-refractivity contribution in [1.29, 1.82) is 0 Å². The first-order chi connectivity index (χ1) is 13.7. The van der Waals surface area contributed by atoms with Crippen molar-refractivity contribution in [2.75, 3.05) is 13.2 Å². The van der Waals surface area contributed by atoms with Crippen LogP contribution in [0, 0.1) is 11.3 Å². The maximum atomic E-state index is 6.22. The minimum absolute atomic E-state index is 0.229. The molecule has 0 aromatic heterocycles. The molecule has 0 atom stereocenters. The summed E-state index contributed by atoms with van der Waals surface area (Å²) in [5.41, 5.74) is 0.229. The van der Waals surface area contributed by atoms with E-state index in [1.165, 1.54) is 96.3 Å². The quantitative estimate of drug-likeness (QED) is 0.210. The predicted molar refractivity (Wildman–Crippen MR) is 121 cm³/mol. The Morgan fingerprint density at radius 2 is 1.39 bits per heavy atom.